The molecular formula is C20H17NO3. The minimum atomic E-state index is -0.0812. The van der Waals surface area contributed by atoms with Crippen LogP contribution in [0, 0.1) is 0 Å². The lowest BCUT2D eigenvalue weighted by Gasteiger charge is -2.21. The summed E-state index contributed by atoms with van der Waals surface area (Å²) in [7, 11) is 1.78. The first kappa shape index (κ1) is 14.6. The number of nitrogens with zero attached hydrogens (tertiary/aromatic N) is 1. The van der Waals surface area contributed by atoms with Crippen molar-refractivity contribution in [3.63, 3.8) is 0 Å². The van der Waals surface area contributed by atoms with Gasteiger partial charge in [0.05, 0.1) is 0 Å². The monoisotopic (exact) mass is 319 g/mol. The van der Waals surface area contributed by atoms with Crippen molar-refractivity contribution in [2.75, 3.05) is 25.2 Å². The van der Waals surface area contributed by atoms with E-state index in [1.807, 2.05) is 36.4 Å². The molecule has 0 spiro atoms. The molecule has 4 heteroatoms. The predicted molar refractivity (Wildman–Crippen MR) is 94.1 cm³/mol. The molecule has 0 fully saturated rings. The van der Waals surface area contributed by atoms with Crippen molar-refractivity contribution in [2.45, 2.75) is 0 Å². The Balaban J connectivity index is 1.65. The molecule has 0 saturated heterocycles. The van der Waals surface area contributed by atoms with Crippen LogP contribution in [0.15, 0.2) is 60.7 Å². The number of anilines is 1. The Bertz CT molecular complexity index is 920. The maximum atomic E-state index is 12.8. The average Bonchev–Trinajstić information content (AvgIpc) is 2.66. The number of fused-ring (bicyclic) bond motifs is 2. The standard InChI is InChI=1S/C20H17NO3/c1-21(17-8-6-14-4-2-3-5-15(14)12-17)20(22)16-7-9-18-19(13-16)24-11-10-23-18/h2-9,12-13H,10-11H2,1H3. The van der Waals surface area contributed by atoms with Gasteiger partial charge >= 0.3 is 0 Å². The van der Waals surface area contributed by atoms with Gasteiger partial charge in [-0.2, -0.15) is 0 Å². The predicted octanol–water partition coefficient (Wildman–Crippen LogP) is 3.89. The molecule has 3 aromatic rings. The molecule has 0 radical (unpaired) electrons. The molecule has 0 atom stereocenters. The second kappa shape index (κ2) is 5.89. The van der Waals surface area contributed by atoms with Crippen molar-refractivity contribution in [3.8, 4) is 11.5 Å². The lowest BCUT2D eigenvalue weighted by Crippen LogP contribution is -2.26. The molecule has 1 heterocycles. The highest BCUT2D eigenvalue weighted by atomic mass is 16.6. The first-order valence-electron chi connectivity index (χ1n) is 7.89. The number of ether oxygens (including phenoxy) is 2. The van der Waals surface area contributed by atoms with E-state index in [1.165, 1.54) is 0 Å². The molecule has 0 bridgehead atoms. The molecule has 120 valence electrons. The summed E-state index contributed by atoms with van der Waals surface area (Å²) in [5.41, 5.74) is 1.43. The Kier molecular flexibility index (Phi) is 3.58. The van der Waals surface area contributed by atoms with Crippen LogP contribution in [0.3, 0.4) is 0 Å². The maximum absolute atomic E-state index is 12.8. The molecule has 0 unspecified atom stereocenters. The van der Waals surface area contributed by atoms with Gasteiger partial charge in [0.25, 0.3) is 5.91 Å². The molecule has 4 rings (SSSR count). The van der Waals surface area contributed by atoms with Gasteiger partial charge in [-0.15, -0.1) is 0 Å². The van der Waals surface area contributed by atoms with Gasteiger partial charge in [0, 0.05) is 18.3 Å². The van der Waals surface area contributed by atoms with E-state index >= 15 is 0 Å². The average molecular weight is 319 g/mol. The van der Waals surface area contributed by atoms with Crippen LogP contribution < -0.4 is 14.4 Å². The number of benzene rings is 3. The van der Waals surface area contributed by atoms with Crippen molar-refractivity contribution in [2.24, 2.45) is 0 Å². The Morgan fingerprint density at radius 2 is 1.62 bits per heavy atom. The van der Waals surface area contributed by atoms with Crippen LogP contribution in [0.4, 0.5) is 5.69 Å². The van der Waals surface area contributed by atoms with Crippen LogP contribution in [0.25, 0.3) is 10.8 Å². The van der Waals surface area contributed by atoms with E-state index in [4.69, 9.17) is 9.47 Å². The minimum absolute atomic E-state index is 0.0812. The fourth-order valence-electron chi connectivity index (χ4n) is 2.87. The molecule has 4 nitrogen and oxygen atoms in total. The normalized spacial score (nSPS) is 12.9. The van der Waals surface area contributed by atoms with Crippen LogP contribution in [-0.2, 0) is 0 Å². The fraction of sp³-hybridized carbons (Fsp3) is 0.150. The number of hydrogen-bond donors (Lipinski definition) is 0. The van der Waals surface area contributed by atoms with Crippen LogP contribution in [0.2, 0.25) is 0 Å². The van der Waals surface area contributed by atoms with Crippen molar-refractivity contribution in [3.05, 3.63) is 66.2 Å². The summed E-state index contributed by atoms with van der Waals surface area (Å²) >= 11 is 0. The summed E-state index contributed by atoms with van der Waals surface area (Å²) in [6, 6.07) is 19.4. The van der Waals surface area contributed by atoms with Crippen molar-refractivity contribution in [1.29, 1.82) is 0 Å². The van der Waals surface area contributed by atoms with Crippen molar-refractivity contribution < 1.29 is 14.3 Å². The quantitative estimate of drug-likeness (QED) is 0.719. The zero-order valence-corrected chi connectivity index (χ0v) is 13.4. The third kappa shape index (κ3) is 2.56. The fourth-order valence-corrected chi connectivity index (χ4v) is 2.87. The third-order valence-corrected chi connectivity index (χ3v) is 4.21. The summed E-state index contributed by atoms with van der Waals surface area (Å²) in [6.07, 6.45) is 0. The van der Waals surface area contributed by atoms with E-state index in [-0.39, 0.29) is 5.91 Å². The highest BCUT2D eigenvalue weighted by Gasteiger charge is 2.18. The smallest absolute Gasteiger partial charge is 0.258 e. The molecule has 1 aliphatic rings. The molecule has 0 aliphatic carbocycles. The number of hydrogen-bond acceptors (Lipinski definition) is 3. The summed E-state index contributed by atoms with van der Waals surface area (Å²) in [5.74, 6) is 1.23. The molecule has 0 saturated carbocycles. The molecule has 1 aliphatic heterocycles. The van der Waals surface area contributed by atoms with Crippen molar-refractivity contribution in [1.82, 2.24) is 0 Å². The molecule has 3 aromatic carbocycles. The van der Waals surface area contributed by atoms with Crippen LogP contribution in [0.5, 0.6) is 11.5 Å². The third-order valence-electron chi connectivity index (χ3n) is 4.21. The van der Waals surface area contributed by atoms with E-state index in [2.05, 4.69) is 6.07 Å². The van der Waals surface area contributed by atoms with E-state index in [9.17, 15) is 4.79 Å². The summed E-state index contributed by atoms with van der Waals surface area (Å²) in [6.45, 7) is 1.04. The molecule has 1 amide bonds. The van der Waals surface area contributed by atoms with Gasteiger partial charge in [0.2, 0.25) is 0 Å². The van der Waals surface area contributed by atoms with Crippen molar-refractivity contribution >= 4 is 22.4 Å². The van der Waals surface area contributed by atoms with Gasteiger partial charge in [-0.1, -0.05) is 30.3 Å². The first-order chi connectivity index (χ1) is 11.7. The highest BCUT2D eigenvalue weighted by Crippen LogP contribution is 2.31. The number of carbonyl (C=O) groups is 1. The highest BCUT2D eigenvalue weighted by molar-refractivity contribution is 6.07. The summed E-state index contributed by atoms with van der Waals surface area (Å²) in [5, 5.41) is 2.26. The van der Waals surface area contributed by atoms with E-state index in [1.54, 1.807) is 30.1 Å². The van der Waals surface area contributed by atoms with Crippen LogP contribution in [0.1, 0.15) is 10.4 Å². The zero-order valence-electron chi connectivity index (χ0n) is 13.4. The van der Waals surface area contributed by atoms with E-state index < -0.39 is 0 Å². The van der Waals surface area contributed by atoms with Gasteiger partial charge in [0.15, 0.2) is 11.5 Å². The second-order valence-electron chi connectivity index (χ2n) is 5.75. The number of amides is 1. The lowest BCUT2D eigenvalue weighted by atomic mass is 10.1. The molecule has 0 N–H and O–H groups in total. The van der Waals surface area contributed by atoms with E-state index in [0.29, 0.717) is 30.3 Å². The number of carbonyl (C=O) groups excluding carboxylic acids is 1. The molecule has 0 aromatic heterocycles. The largest absolute Gasteiger partial charge is 0.486 e. The van der Waals surface area contributed by atoms with Gasteiger partial charge in [-0.05, 0) is 41.1 Å². The first-order valence-corrected chi connectivity index (χ1v) is 7.89. The van der Waals surface area contributed by atoms with Gasteiger partial charge in [0.1, 0.15) is 13.2 Å². The number of rotatable bonds is 2. The Morgan fingerprint density at radius 3 is 2.46 bits per heavy atom. The molecular weight excluding hydrogens is 302 g/mol. The summed E-state index contributed by atoms with van der Waals surface area (Å²) in [4.78, 5) is 14.4. The molecule has 24 heavy (non-hydrogen) atoms. The Hall–Kier alpha value is -3.01. The van der Waals surface area contributed by atoms with Crippen LogP contribution >= 0.6 is 0 Å². The maximum Gasteiger partial charge on any atom is 0.258 e. The minimum Gasteiger partial charge on any atom is -0.486 e. The topological polar surface area (TPSA) is 38.8 Å². The van der Waals surface area contributed by atoms with Crippen LogP contribution in [-0.4, -0.2) is 26.2 Å². The Labute approximate surface area is 140 Å². The van der Waals surface area contributed by atoms with Gasteiger partial charge < -0.3 is 14.4 Å². The van der Waals surface area contributed by atoms with Gasteiger partial charge in [-0.25, -0.2) is 0 Å². The zero-order chi connectivity index (χ0) is 16.5. The second-order valence-corrected chi connectivity index (χ2v) is 5.75. The lowest BCUT2D eigenvalue weighted by molar-refractivity contribution is 0.0992. The van der Waals surface area contributed by atoms with E-state index in [0.717, 1.165) is 16.5 Å². The van der Waals surface area contributed by atoms with Gasteiger partial charge in [-0.3, -0.25) is 4.79 Å². The SMILES string of the molecule is CN(C(=O)c1ccc2c(c1)OCCO2)c1ccc2ccccc2c1. The Morgan fingerprint density at radius 1 is 0.875 bits per heavy atom. The summed E-state index contributed by atoms with van der Waals surface area (Å²) < 4.78 is 11.1.